The van der Waals surface area contributed by atoms with E-state index < -0.39 is 0 Å². The molecular formula is C24H28. The zero-order valence-electron chi connectivity index (χ0n) is 15.1. The summed E-state index contributed by atoms with van der Waals surface area (Å²) in [6.45, 7) is 4.66. The maximum absolute atomic E-state index is 2.49. The van der Waals surface area contributed by atoms with E-state index in [2.05, 4.69) is 56.3 Å². The van der Waals surface area contributed by atoms with Gasteiger partial charge in [0.15, 0.2) is 0 Å². The SMILES string of the molecule is CCC(CC)CCCC1=Cc2ccc3c4c(ccc(c24)C1)C=CC3. The van der Waals surface area contributed by atoms with Crippen molar-refractivity contribution in [3.63, 3.8) is 0 Å². The lowest BCUT2D eigenvalue weighted by Crippen LogP contribution is -2.04. The lowest BCUT2D eigenvalue weighted by atomic mass is 9.82. The van der Waals surface area contributed by atoms with Crippen LogP contribution in [0.25, 0.3) is 22.9 Å². The Balaban J connectivity index is 1.62. The van der Waals surface area contributed by atoms with Crippen LogP contribution in [0.1, 0.15) is 68.2 Å². The van der Waals surface area contributed by atoms with Crippen molar-refractivity contribution >= 4 is 22.9 Å². The van der Waals surface area contributed by atoms with Crippen molar-refractivity contribution in [3.05, 3.63) is 58.2 Å². The molecule has 24 heavy (non-hydrogen) atoms. The van der Waals surface area contributed by atoms with Crippen LogP contribution in [0.5, 0.6) is 0 Å². The van der Waals surface area contributed by atoms with Gasteiger partial charge in [0.25, 0.3) is 0 Å². The van der Waals surface area contributed by atoms with Crippen LogP contribution in [0, 0.1) is 5.92 Å². The Kier molecular flexibility index (Phi) is 4.31. The summed E-state index contributed by atoms with van der Waals surface area (Å²) in [7, 11) is 0. The van der Waals surface area contributed by atoms with E-state index in [0.29, 0.717) is 0 Å². The van der Waals surface area contributed by atoms with Gasteiger partial charge in [0.05, 0.1) is 0 Å². The number of benzene rings is 2. The second kappa shape index (κ2) is 6.59. The molecule has 0 radical (unpaired) electrons. The van der Waals surface area contributed by atoms with Gasteiger partial charge >= 0.3 is 0 Å². The Morgan fingerprint density at radius 3 is 2.50 bits per heavy atom. The van der Waals surface area contributed by atoms with Crippen LogP contribution < -0.4 is 0 Å². The lowest BCUT2D eigenvalue weighted by Gasteiger charge is -2.23. The second-order valence-electron chi connectivity index (χ2n) is 7.54. The lowest BCUT2D eigenvalue weighted by molar-refractivity contribution is 0.440. The maximum atomic E-state index is 2.49. The fourth-order valence-corrected chi connectivity index (χ4v) is 4.57. The monoisotopic (exact) mass is 316 g/mol. The van der Waals surface area contributed by atoms with Crippen molar-refractivity contribution in [3.8, 4) is 0 Å². The van der Waals surface area contributed by atoms with Crippen LogP contribution >= 0.6 is 0 Å². The molecule has 0 saturated carbocycles. The van der Waals surface area contributed by atoms with E-state index in [1.165, 1.54) is 59.6 Å². The molecule has 2 aliphatic rings. The molecule has 0 spiro atoms. The summed E-state index contributed by atoms with van der Waals surface area (Å²) in [5, 5.41) is 3.04. The summed E-state index contributed by atoms with van der Waals surface area (Å²) in [6, 6.07) is 9.39. The predicted molar refractivity (Wildman–Crippen MR) is 106 cm³/mol. The first-order chi connectivity index (χ1) is 11.8. The van der Waals surface area contributed by atoms with Crippen LogP contribution in [0.3, 0.4) is 0 Å². The van der Waals surface area contributed by atoms with E-state index in [4.69, 9.17) is 0 Å². The highest BCUT2D eigenvalue weighted by Crippen LogP contribution is 2.38. The van der Waals surface area contributed by atoms with Crippen LogP contribution in [0.4, 0.5) is 0 Å². The topological polar surface area (TPSA) is 0 Å². The van der Waals surface area contributed by atoms with Gasteiger partial charge in [0.2, 0.25) is 0 Å². The Bertz CT molecular complexity index is 816. The summed E-state index contributed by atoms with van der Waals surface area (Å²) in [4.78, 5) is 0. The minimum absolute atomic E-state index is 0.916. The highest BCUT2D eigenvalue weighted by atomic mass is 14.2. The first-order valence-corrected chi connectivity index (χ1v) is 9.73. The van der Waals surface area contributed by atoms with E-state index in [1.807, 2.05) is 0 Å². The Morgan fingerprint density at radius 2 is 1.67 bits per heavy atom. The molecule has 0 aliphatic heterocycles. The average Bonchev–Trinajstić information content (AvgIpc) is 2.63. The smallest absolute Gasteiger partial charge is 0.00574 e. The number of rotatable bonds is 6. The molecule has 0 atom stereocenters. The van der Waals surface area contributed by atoms with E-state index in [1.54, 1.807) is 11.1 Å². The average molecular weight is 316 g/mol. The molecule has 4 rings (SSSR count). The van der Waals surface area contributed by atoms with E-state index in [-0.39, 0.29) is 0 Å². The van der Waals surface area contributed by atoms with Crippen molar-refractivity contribution in [1.29, 1.82) is 0 Å². The zero-order valence-corrected chi connectivity index (χ0v) is 15.1. The fraction of sp³-hybridized carbons (Fsp3) is 0.417. The van der Waals surface area contributed by atoms with E-state index >= 15 is 0 Å². The zero-order chi connectivity index (χ0) is 16.5. The van der Waals surface area contributed by atoms with E-state index in [9.17, 15) is 0 Å². The molecule has 0 heteroatoms. The molecule has 2 aliphatic carbocycles. The van der Waals surface area contributed by atoms with Gasteiger partial charge in [0.1, 0.15) is 0 Å². The Morgan fingerprint density at radius 1 is 0.917 bits per heavy atom. The third kappa shape index (κ3) is 2.73. The predicted octanol–water partition coefficient (Wildman–Crippen LogP) is 6.96. The van der Waals surface area contributed by atoms with Crippen LogP contribution in [0.15, 0.2) is 35.9 Å². The standard InChI is InChI=1S/C24H28/c1-3-17(4-2)7-5-8-18-15-21-13-11-19-9-6-10-20-12-14-22(16-18)24(21)23(19)20/h6,9,11-14,16-17H,3-5,7-8,10,15H2,1-2H3. The van der Waals surface area contributed by atoms with Crippen molar-refractivity contribution in [2.24, 2.45) is 5.92 Å². The molecule has 0 bridgehead atoms. The third-order valence-corrected chi connectivity index (χ3v) is 6.08. The molecule has 124 valence electrons. The minimum Gasteiger partial charge on any atom is -0.0795 e. The van der Waals surface area contributed by atoms with Crippen LogP contribution in [0.2, 0.25) is 0 Å². The normalized spacial score (nSPS) is 15.2. The van der Waals surface area contributed by atoms with Gasteiger partial charge in [0, 0.05) is 0 Å². The summed E-state index contributed by atoms with van der Waals surface area (Å²) in [6.07, 6.45) is 16.0. The molecule has 0 nitrogen and oxygen atoms in total. The molecule has 2 aromatic rings. The Hall–Kier alpha value is -1.82. The van der Waals surface area contributed by atoms with Gasteiger partial charge in [-0.3, -0.25) is 0 Å². The number of hydrogen-bond acceptors (Lipinski definition) is 0. The number of allylic oxidation sites excluding steroid dienone is 2. The van der Waals surface area contributed by atoms with Crippen molar-refractivity contribution < 1.29 is 0 Å². The largest absolute Gasteiger partial charge is 0.0795 e. The summed E-state index contributed by atoms with van der Waals surface area (Å²) in [5.41, 5.74) is 7.52. The molecular weight excluding hydrogens is 288 g/mol. The van der Waals surface area contributed by atoms with Gasteiger partial charge in [-0.25, -0.2) is 0 Å². The summed E-state index contributed by atoms with van der Waals surface area (Å²) in [5.74, 6) is 0.916. The van der Waals surface area contributed by atoms with E-state index in [0.717, 1.165) is 18.8 Å². The molecule has 0 N–H and O–H groups in total. The summed E-state index contributed by atoms with van der Waals surface area (Å²) < 4.78 is 0. The second-order valence-corrected chi connectivity index (χ2v) is 7.54. The molecule has 0 saturated heterocycles. The van der Waals surface area contributed by atoms with Gasteiger partial charge in [-0.05, 0) is 64.6 Å². The molecule has 0 aromatic heterocycles. The molecule has 0 unspecified atom stereocenters. The van der Waals surface area contributed by atoms with Crippen LogP contribution in [-0.2, 0) is 12.8 Å². The molecule has 0 heterocycles. The van der Waals surface area contributed by atoms with Crippen LogP contribution in [-0.4, -0.2) is 0 Å². The van der Waals surface area contributed by atoms with Gasteiger partial charge in [-0.2, -0.15) is 0 Å². The van der Waals surface area contributed by atoms with Gasteiger partial charge in [-0.1, -0.05) is 81.2 Å². The summed E-state index contributed by atoms with van der Waals surface area (Å²) >= 11 is 0. The quantitative estimate of drug-likeness (QED) is 0.540. The van der Waals surface area contributed by atoms with Gasteiger partial charge in [-0.15, -0.1) is 0 Å². The maximum Gasteiger partial charge on any atom is -0.00574 e. The van der Waals surface area contributed by atoms with Crippen molar-refractivity contribution in [2.45, 2.75) is 58.8 Å². The van der Waals surface area contributed by atoms with Crippen molar-refractivity contribution in [2.75, 3.05) is 0 Å². The molecule has 0 amide bonds. The van der Waals surface area contributed by atoms with Gasteiger partial charge < -0.3 is 0 Å². The third-order valence-electron chi connectivity index (χ3n) is 6.08. The first-order valence-electron chi connectivity index (χ1n) is 9.73. The molecule has 0 fully saturated rings. The highest BCUT2D eigenvalue weighted by molar-refractivity contribution is 6.03. The first kappa shape index (κ1) is 15.7. The number of hydrogen-bond donors (Lipinski definition) is 0. The highest BCUT2D eigenvalue weighted by Gasteiger charge is 2.18. The Labute approximate surface area is 146 Å². The molecule has 2 aromatic carbocycles. The fourth-order valence-electron chi connectivity index (χ4n) is 4.57. The minimum atomic E-state index is 0.916. The van der Waals surface area contributed by atoms with Crippen molar-refractivity contribution in [1.82, 2.24) is 0 Å².